The van der Waals surface area contributed by atoms with Crippen LogP contribution in [0.5, 0.6) is 0 Å². The van der Waals surface area contributed by atoms with E-state index >= 15 is 0 Å². The van der Waals surface area contributed by atoms with E-state index in [9.17, 15) is 8.78 Å². The zero-order valence-corrected chi connectivity index (χ0v) is 12.1. The Labute approximate surface area is 122 Å². The van der Waals surface area contributed by atoms with Crippen molar-refractivity contribution in [2.75, 3.05) is 6.54 Å². The van der Waals surface area contributed by atoms with Crippen LogP contribution >= 0.6 is 11.6 Å². The molecule has 4 heteroatoms. The average Bonchev–Trinajstić information content (AvgIpc) is 2.40. The van der Waals surface area contributed by atoms with Gasteiger partial charge in [-0.15, -0.1) is 0 Å². The van der Waals surface area contributed by atoms with Crippen molar-refractivity contribution in [1.82, 2.24) is 5.32 Å². The minimum Gasteiger partial charge on any atom is -0.306 e. The third kappa shape index (κ3) is 3.00. The molecule has 2 aromatic carbocycles. The van der Waals surface area contributed by atoms with E-state index in [0.717, 1.165) is 11.1 Å². The highest BCUT2D eigenvalue weighted by Crippen LogP contribution is 2.30. The molecular weight excluding hydrogens is 280 g/mol. The first kappa shape index (κ1) is 14.9. The molecule has 0 fully saturated rings. The minimum absolute atomic E-state index is 0.0881. The molecule has 0 heterocycles. The molecule has 0 aromatic heterocycles. The highest BCUT2D eigenvalue weighted by Gasteiger charge is 2.20. The largest absolute Gasteiger partial charge is 0.306 e. The van der Waals surface area contributed by atoms with E-state index in [0.29, 0.717) is 12.1 Å². The van der Waals surface area contributed by atoms with Gasteiger partial charge in [0, 0.05) is 5.56 Å². The summed E-state index contributed by atoms with van der Waals surface area (Å²) in [6, 6.07) is 9.08. The van der Waals surface area contributed by atoms with Crippen LogP contribution in [-0.2, 0) is 0 Å². The van der Waals surface area contributed by atoms with Crippen molar-refractivity contribution >= 4 is 11.6 Å². The summed E-state index contributed by atoms with van der Waals surface area (Å²) < 4.78 is 27.5. The van der Waals surface area contributed by atoms with Gasteiger partial charge in [-0.3, -0.25) is 0 Å². The average molecular weight is 296 g/mol. The Kier molecular flexibility index (Phi) is 4.73. The zero-order chi connectivity index (χ0) is 14.7. The predicted octanol–water partition coefficient (Wildman–Crippen LogP) is 4.63. The molecule has 0 aliphatic rings. The van der Waals surface area contributed by atoms with Gasteiger partial charge in [0.1, 0.15) is 11.6 Å². The molecule has 20 heavy (non-hydrogen) atoms. The van der Waals surface area contributed by atoms with Gasteiger partial charge in [-0.25, -0.2) is 8.78 Å². The van der Waals surface area contributed by atoms with Crippen LogP contribution < -0.4 is 5.32 Å². The molecule has 0 saturated heterocycles. The lowest BCUT2D eigenvalue weighted by Crippen LogP contribution is -2.24. The van der Waals surface area contributed by atoms with Gasteiger partial charge in [-0.05, 0) is 42.8 Å². The van der Waals surface area contributed by atoms with Gasteiger partial charge in [-0.2, -0.15) is 0 Å². The van der Waals surface area contributed by atoms with Gasteiger partial charge in [0.2, 0.25) is 0 Å². The number of rotatable bonds is 4. The van der Waals surface area contributed by atoms with Crippen LogP contribution in [0.2, 0.25) is 5.02 Å². The van der Waals surface area contributed by atoms with Crippen molar-refractivity contribution in [2.45, 2.75) is 19.9 Å². The predicted molar refractivity (Wildman–Crippen MR) is 78.1 cm³/mol. The smallest absolute Gasteiger partial charge is 0.146 e. The third-order valence-corrected chi connectivity index (χ3v) is 3.54. The molecule has 0 saturated carbocycles. The maximum absolute atomic E-state index is 14.2. The molecule has 1 atom stereocenters. The lowest BCUT2D eigenvalue weighted by Gasteiger charge is -2.22. The van der Waals surface area contributed by atoms with Crippen molar-refractivity contribution in [3.8, 4) is 0 Å². The van der Waals surface area contributed by atoms with Crippen molar-refractivity contribution < 1.29 is 8.78 Å². The maximum atomic E-state index is 14.2. The first-order chi connectivity index (χ1) is 9.54. The van der Waals surface area contributed by atoms with Gasteiger partial charge in [0.25, 0.3) is 0 Å². The topological polar surface area (TPSA) is 12.0 Å². The molecule has 0 spiro atoms. The molecule has 106 valence electrons. The quantitative estimate of drug-likeness (QED) is 0.867. The van der Waals surface area contributed by atoms with Gasteiger partial charge < -0.3 is 5.32 Å². The van der Waals surface area contributed by atoms with E-state index in [1.807, 2.05) is 13.8 Å². The standard InChI is InChI=1S/C16H16ClF2N/c1-3-20-16(12-8-7-11(18)9-10(12)2)13-5-4-6-14(17)15(13)19/h4-9,16,20H,3H2,1-2H3. The second-order valence-corrected chi connectivity index (χ2v) is 5.04. The lowest BCUT2D eigenvalue weighted by atomic mass is 9.94. The fraction of sp³-hybridized carbons (Fsp3) is 0.250. The van der Waals surface area contributed by atoms with E-state index in [2.05, 4.69) is 5.32 Å². The number of halogens is 3. The summed E-state index contributed by atoms with van der Waals surface area (Å²) in [5, 5.41) is 3.31. The molecule has 1 nitrogen and oxygen atoms in total. The number of benzene rings is 2. The second kappa shape index (κ2) is 6.33. The highest BCUT2D eigenvalue weighted by molar-refractivity contribution is 6.30. The molecule has 1 N–H and O–H groups in total. The fourth-order valence-electron chi connectivity index (χ4n) is 2.30. The Morgan fingerprint density at radius 3 is 2.55 bits per heavy atom. The summed E-state index contributed by atoms with van der Waals surface area (Å²) >= 11 is 5.85. The Morgan fingerprint density at radius 1 is 1.15 bits per heavy atom. The summed E-state index contributed by atoms with van der Waals surface area (Å²) in [6.07, 6.45) is 0. The summed E-state index contributed by atoms with van der Waals surface area (Å²) in [5.41, 5.74) is 2.08. The van der Waals surface area contributed by atoms with E-state index in [1.54, 1.807) is 18.2 Å². The Balaban J connectivity index is 2.53. The molecule has 2 aromatic rings. The van der Waals surface area contributed by atoms with Crippen LogP contribution in [0.25, 0.3) is 0 Å². The van der Waals surface area contributed by atoms with Crippen LogP contribution in [-0.4, -0.2) is 6.54 Å². The van der Waals surface area contributed by atoms with E-state index in [-0.39, 0.29) is 16.9 Å². The van der Waals surface area contributed by atoms with E-state index in [4.69, 9.17) is 11.6 Å². The summed E-state index contributed by atoms with van der Waals surface area (Å²) in [6.45, 7) is 4.41. The molecule has 0 amide bonds. The van der Waals surface area contributed by atoms with Crippen molar-refractivity contribution in [2.24, 2.45) is 0 Å². The number of hydrogen-bond acceptors (Lipinski definition) is 1. The molecule has 0 aliphatic carbocycles. The zero-order valence-electron chi connectivity index (χ0n) is 11.4. The third-order valence-electron chi connectivity index (χ3n) is 3.24. The fourth-order valence-corrected chi connectivity index (χ4v) is 2.48. The van der Waals surface area contributed by atoms with Crippen LogP contribution in [0.4, 0.5) is 8.78 Å². The van der Waals surface area contributed by atoms with Gasteiger partial charge >= 0.3 is 0 Å². The molecular formula is C16H16ClF2N. The van der Waals surface area contributed by atoms with E-state index in [1.165, 1.54) is 18.2 Å². The minimum atomic E-state index is -0.441. The monoisotopic (exact) mass is 295 g/mol. The molecule has 0 bridgehead atoms. The number of nitrogens with one attached hydrogen (secondary N) is 1. The summed E-state index contributed by atoms with van der Waals surface area (Å²) in [4.78, 5) is 0. The van der Waals surface area contributed by atoms with E-state index < -0.39 is 5.82 Å². The van der Waals surface area contributed by atoms with Gasteiger partial charge in [-0.1, -0.05) is 36.7 Å². The van der Waals surface area contributed by atoms with Crippen LogP contribution in [0.3, 0.4) is 0 Å². The van der Waals surface area contributed by atoms with Crippen LogP contribution in [0, 0.1) is 18.6 Å². The van der Waals surface area contributed by atoms with Gasteiger partial charge in [0.15, 0.2) is 0 Å². The first-order valence-electron chi connectivity index (χ1n) is 6.48. The summed E-state index contributed by atoms with van der Waals surface area (Å²) in [7, 11) is 0. The highest BCUT2D eigenvalue weighted by atomic mass is 35.5. The SMILES string of the molecule is CCNC(c1ccc(F)cc1C)c1cccc(Cl)c1F. The van der Waals surface area contributed by atoms with Gasteiger partial charge in [0.05, 0.1) is 11.1 Å². The summed E-state index contributed by atoms with van der Waals surface area (Å²) in [5.74, 6) is -0.739. The lowest BCUT2D eigenvalue weighted by molar-refractivity contribution is 0.556. The Bertz CT molecular complexity index is 613. The van der Waals surface area contributed by atoms with Crippen molar-refractivity contribution in [3.63, 3.8) is 0 Å². The van der Waals surface area contributed by atoms with Crippen LogP contribution in [0.15, 0.2) is 36.4 Å². The molecule has 0 radical (unpaired) electrons. The van der Waals surface area contributed by atoms with Crippen molar-refractivity contribution in [3.05, 3.63) is 69.7 Å². The van der Waals surface area contributed by atoms with Crippen LogP contribution in [0.1, 0.15) is 29.7 Å². The Morgan fingerprint density at radius 2 is 1.90 bits per heavy atom. The molecule has 1 unspecified atom stereocenters. The number of hydrogen-bond donors (Lipinski definition) is 1. The maximum Gasteiger partial charge on any atom is 0.146 e. The Hall–Kier alpha value is -1.45. The molecule has 2 rings (SSSR count). The molecule has 0 aliphatic heterocycles. The normalized spacial score (nSPS) is 12.4. The first-order valence-corrected chi connectivity index (χ1v) is 6.85. The second-order valence-electron chi connectivity index (χ2n) is 4.63. The number of aryl methyl sites for hydroxylation is 1. The van der Waals surface area contributed by atoms with Crippen molar-refractivity contribution in [1.29, 1.82) is 0 Å².